The first-order valence-corrected chi connectivity index (χ1v) is 11.6. The highest BCUT2D eigenvalue weighted by atomic mass is 32.2. The summed E-state index contributed by atoms with van der Waals surface area (Å²) < 4.78 is 29.8. The largest absolute Gasteiger partial charge is 0.326 e. The van der Waals surface area contributed by atoms with E-state index in [2.05, 4.69) is 5.32 Å². The SMILES string of the molecule is CC(C)(C)C(=O)Nc1ccc(S(=O)(=O)N2C[C@H]3C[C@@H](C2)c2cccc(=O)n2C3)cc1. The lowest BCUT2D eigenvalue weighted by molar-refractivity contribution is -0.123. The highest BCUT2D eigenvalue weighted by molar-refractivity contribution is 7.89. The monoisotopic (exact) mass is 429 g/mol. The summed E-state index contributed by atoms with van der Waals surface area (Å²) in [7, 11) is -3.66. The molecule has 2 atom stereocenters. The van der Waals surface area contributed by atoms with Gasteiger partial charge >= 0.3 is 0 Å². The minimum atomic E-state index is -3.66. The predicted molar refractivity (Wildman–Crippen MR) is 115 cm³/mol. The van der Waals surface area contributed by atoms with Gasteiger partial charge in [0.15, 0.2) is 0 Å². The lowest BCUT2D eigenvalue weighted by Gasteiger charge is -2.42. The second kappa shape index (κ2) is 7.35. The van der Waals surface area contributed by atoms with Gasteiger partial charge in [0.2, 0.25) is 15.9 Å². The molecule has 1 saturated heterocycles. The standard InChI is InChI=1S/C22H27N3O4S/c1-22(2,3)21(27)23-17-7-9-18(10-8-17)30(28,29)24-12-15-11-16(14-24)19-5-4-6-20(26)25(19)13-15/h4-10,15-16H,11-14H2,1-3H3,(H,23,27)/t15-,16+/m1/s1. The van der Waals surface area contributed by atoms with Crippen LogP contribution in [0.5, 0.6) is 0 Å². The number of benzene rings is 1. The topological polar surface area (TPSA) is 88.5 Å². The fraction of sp³-hybridized carbons (Fsp3) is 0.455. The van der Waals surface area contributed by atoms with E-state index in [1.54, 1.807) is 28.8 Å². The fourth-order valence-electron chi connectivity index (χ4n) is 4.23. The Labute approximate surface area is 176 Å². The maximum absolute atomic E-state index is 13.3. The molecule has 0 aliphatic carbocycles. The van der Waals surface area contributed by atoms with Gasteiger partial charge in [-0.3, -0.25) is 9.59 Å². The molecule has 2 aliphatic rings. The summed E-state index contributed by atoms with van der Waals surface area (Å²) in [5.41, 5.74) is 0.928. The highest BCUT2D eigenvalue weighted by Crippen LogP contribution is 2.37. The lowest BCUT2D eigenvalue weighted by Crippen LogP contribution is -2.48. The number of nitrogens with zero attached hydrogens (tertiary/aromatic N) is 2. The summed E-state index contributed by atoms with van der Waals surface area (Å²) in [5, 5.41) is 2.81. The normalized spacial score (nSPS) is 21.7. The Kier molecular flexibility index (Phi) is 5.10. The Morgan fingerprint density at radius 3 is 2.40 bits per heavy atom. The van der Waals surface area contributed by atoms with Gasteiger partial charge in [0, 0.05) is 48.4 Å². The molecule has 0 radical (unpaired) electrons. The van der Waals surface area contributed by atoms with E-state index in [9.17, 15) is 18.0 Å². The van der Waals surface area contributed by atoms with Gasteiger partial charge in [0.05, 0.1) is 4.90 Å². The van der Waals surface area contributed by atoms with Crippen LogP contribution in [0.3, 0.4) is 0 Å². The Balaban J connectivity index is 1.55. The van der Waals surface area contributed by atoms with E-state index in [1.807, 2.05) is 26.8 Å². The molecular formula is C22H27N3O4S. The third-order valence-corrected chi connectivity index (χ3v) is 7.72. The van der Waals surface area contributed by atoms with Crippen LogP contribution in [0.1, 0.15) is 38.8 Å². The van der Waals surface area contributed by atoms with Crippen molar-refractivity contribution in [3.8, 4) is 0 Å². The van der Waals surface area contributed by atoms with Crippen LogP contribution in [-0.4, -0.2) is 36.3 Å². The van der Waals surface area contributed by atoms with Crippen molar-refractivity contribution in [2.24, 2.45) is 11.3 Å². The maximum Gasteiger partial charge on any atom is 0.250 e. The summed E-state index contributed by atoms with van der Waals surface area (Å²) in [5.74, 6) is 0.0128. The van der Waals surface area contributed by atoms with Gasteiger partial charge in [-0.2, -0.15) is 4.31 Å². The zero-order chi connectivity index (χ0) is 21.7. The number of sulfonamides is 1. The minimum absolute atomic E-state index is 0.0199. The summed E-state index contributed by atoms with van der Waals surface area (Å²) in [6.07, 6.45) is 0.896. The molecule has 2 aromatic rings. The molecule has 1 aromatic carbocycles. The molecule has 1 amide bonds. The molecule has 4 rings (SSSR count). The summed E-state index contributed by atoms with van der Waals surface area (Å²) in [6.45, 7) is 6.78. The number of carbonyl (C=O) groups is 1. The molecule has 2 aliphatic heterocycles. The average molecular weight is 430 g/mol. The zero-order valence-electron chi connectivity index (χ0n) is 17.5. The Morgan fingerprint density at radius 1 is 1.03 bits per heavy atom. The molecule has 0 unspecified atom stereocenters. The fourth-order valence-corrected chi connectivity index (χ4v) is 5.79. The van der Waals surface area contributed by atoms with Gasteiger partial charge < -0.3 is 9.88 Å². The van der Waals surface area contributed by atoms with Crippen molar-refractivity contribution in [3.63, 3.8) is 0 Å². The molecule has 1 N–H and O–H groups in total. The number of anilines is 1. The first kappa shape index (κ1) is 20.8. The van der Waals surface area contributed by atoms with Gasteiger partial charge in [-0.15, -0.1) is 0 Å². The number of piperidine rings is 1. The van der Waals surface area contributed by atoms with Crippen LogP contribution in [0.2, 0.25) is 0 Å². The minimum Gasteiger partial charge on any atom is -0.326 e. The van der Waals surface area contributed by atoms with Crippen molar-refractivity contribution in [3.05, 3.63) is 58.5 Å². The molecule has 1 fully saturated rings. The predicted octanol–water partition coefficient (Wildman–Crippen LogP) is 2.64. The summed E-state index contributed by atoms with van der Waals surface area (Å²) in [6, 6.07) is 11.5. The number of amides is 1. The smallest absolute Gasteiger partial charge is 0.250 e. The van der Waals surface area contributed by atoms with Crippen molar-refractivity contribution >= 4 is 21.6 Å². The van der Waals surface area contributed by atoms with E-state index >= 15 is 0 Å². The number of pyridine rings is 1. The van der Waals surface area contributed by atoms with Crippen LogP contribution in [0, 0.1) is 11.3 Å². The highest BCUT2D eigenvalue weighted by Gasteiger charge is 2.39. The number of rotatable bonds is 3. The lowest BCUT2D eigenvalue weighted by atomic mass is 9.84. The molecule has 0 saturated carbocycles. The van der Waals surface area contributed by atoms with E-state index in [4.69, 9.17) is 0 Å². The van der Waals surface area contributed by atoms with Gasteiger partial charge in [-0.25, -0.2) is 8.42 Å². The zero-order valence-corrected chi connectivity index (χ0v) is 18.3. The third-order valence-electron chi connectivity index (χ3n) is 5.88. The van der Waals surface area contributed by atoms with Crippen LogP contribution in [0.4, 0.5) is 5.69 Å². The number of aromatic nitrogens is 1. The summed E-state index contributed by atoms with van der Waals surface area (Å²) in [4.78, 5) is 24.5. The van der Waals surface area contributed by atoms with E-state index < -0.39 is 15.4 Å². The van der Waals surface area contributed by atoms with Crippen LogP contribution in [0.25, 0.3) is 0 Å². The quantitative estimate of drug-likeness (QED) is 0.812. The second-order valence-electron chi connectivity index (χ2n) is 9.25. The van der Waals surface area contributed by atoms with E-state index in [-0.39, 0.29) is 28.2 Å². The van der Waals surface area contributed by atoms with Crippen molar-refractivity contribution in [2.75, 3.05) is 18.4 Å². The number of nitrogens with one attached hydrogen (secondary N) is 1. The summed E-state index contributed by atoms with van der Waals surface area (Å²) >= 11 is 0. The average Bonchev–Trinajstić information content (AvgIpc) is 2.68. The van der Waals surface area contributed by atoms with Crippen molar-refractivity contribution < 1.29 is 13.2 Å². The first-order chi connectivity index (χ1) is 14.1. The Hall–Kier alpha value is -2.45. The van der Waals surface area contributed by atoms with Gasteiger partial charge in [0.1, 0.15) is 0 Å². The van der Waals surface area contributed by atoms with Crippen molar-refractivity contribution in [1.29, 1.82) is 0 Å². The molecule has 2 bridgehead atoms. The molecule has 1 aromatic heterocycles. The molecule has 160 valence electrons. The van der Waals surface area contributed by atoms with Crippen LogP contribution in [0.15, 0.2) is 52.2 Å². The second-order valence-corrected chi connectivity index (χ2v) is 11.2. The van der Waals surface area contributed by atoms with Crippen LogP contribution in [-0.2, 0) is 21.4 Å². The van der Waals surface area contributed by atoms with E-state index in [0.29, 0.717) is 25.3 Å². The molecule has 3 heterocycles. The van der Waals surface area contributed by atoms with Gasteiger partial charge in [0.25, 0.3) is 5.56 Å². The third kappa shape index (κ3) is 3.81. The van der Waals surface area contributed by atoms with E-state index in [1.165, 1.54) is 16.4 Å². The van der Waals surface area contributed by atoms with Crippen LogP contribution < -0.4 is 10.9 Å². The molecule has 0 spiro atoms. The maximum atomic E-state index is 13.3. The Morgan fingerprint density at radius 2 is 1.73 bits per heavy atom. The van der Waals surface area contributed by atoms with Crippen molar-refractivity contribution in [1.82, 2.24) is 8.87 Å². The van der Waals surface area contributed by atoms with Gasteiger partial charge in [-0.05, 0) is 42.7 Å². The first-order valence-electron chi connectivity index (χ1n) is 10.2. The van der Waals surface area contributed by atoms with Crippen molar-refractivity contribution in [2.45, 2.75) is 44.6 Å². The molecular weight excluding hydrogens is 402 g/mol. The number of hydrogen-bond acceptors (Lipinski definition) is 4. The molecule has 8 heteroatoms. The molecule has 7 nitrogen and oxygen atoms in total. The van der Waals surface area contributed by atoms with Gasteiger partial charge in [-0.1, -0.05) is 26.8 Å². The number of fused-ring (bicyclic) bond motifs is 4. The number of hydrogen-bond donors (Lipinski definition) is 1. The van der Waals surface area contributed by atoms with Crippen LogP contribution >= 0.6 is 0 Å². The van der Waals surface area contributed by atoms with E-state index in [0.717, 1.165) is 12.1 Å². The molecule has 30 heavy (non-hydrogen) atoms. The number of carbonyl (C=O) groups excluding carboxylic acids is 1. The Bertz CT molecular complexity index is 1130.